The van der Waals surface area contributed by atoms with Gasteiger partial charge in [0.2, 0.25) is 0 Å². The first-order valence-electron chi connectivity index (χ1n) is 10.4. The Morgan fingerprint density at radius 2 is 1.41 bits per heavy atom. The van der Waals surface area contributed by atoms with E-state index in [0.717, 1.165) is 22.4 Å². The second-order valence-corrected chi connectivity index (χ2v) is 7.84. The Bertz CT molecular complexity index is 1150. The summed E-state index contributed by atoms with van der Waals surface area (Å²) in [6.07, 6.45) is 6.97. The van der Waals surface area contributed by atoms with E-state index in [2.05, 4.69) is 84.4 Å². The highest BCUT2D eigenvalue weighted by Crippen LogP contribution is 2.35. The van der Waals surface area contributed by atoms with Crippen molar-refractivity contribution in [1.82, 2.24) is 9.55 Å². The van der Waals surface area contributed by atoms with Crippen LogP contribution in [-0.4, -0.2) is 21.8 Å². The van der Waals surface area contributed by atoms with E-state index >= 15 is 0 Å². The lowest BCUT2D eigenvalue weighted by atomic mass is 9.98. The number of hydrogen-bond donors (Lipinski definition) is 0. The van der Waals surface area contributed by atoms with Crippen molar-refractivity contribution >= 4 is 17.2 Å². The van der Waals surface area contributed by atoms with Crippen LogP contribution in [0.4, 0.5) is 0 Å². The molecule has 0 radical (unpaired) electrons. The van der Waals surface area contributed by atoms with E-state index in [1.165, 1.54) is 42.4 Å². The zero-order valence-electron chi connectivity index (χ0n) is 16.8. The van der Waals surface area contributed by atoms with Crippen LogP contribution in [0.5, 0.6) is 0 Å². The molecule has 1 aliphatic carbocycles. The Balaban J connectivity index is 1.71. The molecule has 0 unspecified atom stereocenters. The second-order valence-electron chi connectivity index (χ2n) is 7.84. The van der Waals surface area contributed by atoms with Crippen molar-refractivity contribution < 1.29 is 0 Å². The predicted molar refractivity (Wildman–Crippen MR) is 121 cm³/mol. The Hall–Kier alpha value is -3.20. The minimum absolute atomic E-state index is 0.456. The van der Waals surface area contributed by atoms with Crippen molar-refractivity contribution in [3.8, 4) is 22.3 Å². The summed E-state index contributed by atoms with van der Waals surface area (Å²) in [6.45, 7) is 0. The first-order valence-corrected chi connectivity index (χ1v) is 10.4. The van der Waals surface area contributed by atoms with E-state index in [1.54, 1.807) is 0 Å². The van der Waals surface area contributed by atoms with Gasteiger partial charge in [0.25, 0.3) is 0 Å². The molecule has 3 heteroatoms. The molecule has 1 aliphatic rings. The average molecular weight is 380 g/mol. The maximum atomic E-state index is 5.05. The summed E-state index contributed by atoms with van der Waals surface area (Å²) in [4.78, 5) is 9.90. The van der Waals surface area contributed by atoms with Gasteiger partial charge in [-0.15, -0.1) is 0 Å². The van der Waals surface area contributed by atoms with Gasteiger partial charge in [-0.1, -0.05) is 85.6 Å². The molecule has 0 atom stereocenters. The van der Waals surface area contributed by atoms with Crippen molar-refractivity contribution in [1.29, 1.82) is 0 Å². The summed E-state index contributed by atoms with van der Waals surface area (Å²) in [5, 5.41) is 0. The van der Waals surface area contributed by atoms with Gasteiger partial charge in [-0.25, -0.2) is 4.98 Å². The van der Waals surface area contributed by atoms with Crippen molar-refractivity contribution in [3.63, 3.8) is 0 Å². The predicted octanol–water partition coefficient (Wildman–Crippen LogP) is 6.27. The number of nitrogens with zero attached hydrogens (tertiary/aromatic N) is 3. The van der Waals surface area contributed by atoms with Gasteiger partial charge in [0.1, 0.15) is 0 Å². The lowest BCUT2D eigenvalue weighted by molar-refractivity contribution is 0.708. The highest BCUT2D eigenvalue weighted by atomic mass is 15.1. The van der Waals surface area contributed by atoms with Gasteiger partial charge < -0.3 is 4.57 Å². The van der Waals surface area contributed by atoms with E-state index in [4.69, 9.17) is 9.98 Å². The van der Waals surface area contributed by atoms with Gasteiger partial charge >= 0.3 is 0 Å². The number of aromatic nitrogens is 2. The van der Waals surface area contributed by atoms with Crippen molar-refractivity contribution in [2.75, 3.05) is 0 Å². The standard InChI is InChI=1S/C26H25N3/c1-29-24(18-27-21-14-8-9-15-21)28-25-22(19-10-4-2-5-11-19)16-17-23(26(25)29)20-12-6-3-7-13-20/h2-7,10-13,16-18,21H,8-9,14-15H2,1H3. The highest BCUT2D eigenvalue weighted by Gasteiger charge is 2.17. The molecule has 1 aromatic heterocycles. The lowest BCUT2D eigenvalue weighted by Gasteiger charge is -2.10. The molecule has 3 aromatic carbocycles. The monoisotopic (exact) mass is 379 g/mol. The van der Waals surface area contributed by atoms with Gasteiger partial charge in [0.15, 0.2) is 5.82 Å². The largest absolute Gasteiger partial charge is 0.326 e. The first-order chi connectivity index (χ1) is 14.3. The third-order valence-corrected chi connectivity index (χ3v) is 5.95. The van der Waals surface area contributed by atoms with Crippen LogP contribution < -0.4 is 0 Å². The zero-order valence-corrected chi connectivity index (χ0v) is 16.8. The Kier molecular flexibility index (Phi) is 4.73. The molecule has 0 bridgehead atoms. The molecule has 0 saturated heterocycles. The summed E-state index contributed by atoms with van der Waals surface area (Å²) < 4.78 is 2.20. The van der Waals surface area contributed by atoms with Crippen molar-refractivity contribution in [2.45, 2.75) is 31.7 Å². The fourth-order valence-electron chi connectivity index (χ4n) is 4.38. The number of fused-ring (bicyclic) bond motifs is 1. The second kappa shape index (κ2) is 7.67. The van der Waals surface area contributed by atoms with Crippen molar-refractivity contribution in [3.05, 3.63) is 78.6 Å². The van der Waals surface area contributed by atoms with Crippen LogP contribution in [-0.2, 0) is 7.05 Å². The molecule has 144 valence electrons. The molecule has 4 aromatic rings. The van der Waals surface area contributed by atoms with E-state index in [9.17, 15) is 0 Å². The fraction of sp³-hybridized carbons (Fsp3) is 0.231. The molecule has 0 N–H and O–H groups in total. The van der Waals surface area contributed by atoms with Gasteiger partial charge in [0.05, 0.1) is 23.3 Å². The Labute approximate surface area is 171 Å². The quantitative estimate of drug-likeness (QED) is 0.384. The van der Waals surface area contributed by atoms with Gasteiger partial charge in [-0.3, -0.25) is 4.99 Å². The maximum absolute atomic E-state index is 5.05. The topological polar surface area (TPSA) is 30.2 Å². The molecule has 3 nitrogen and oxygen atoms in total. The lowest BCUT2D eigenvalue weighted by Crippen LogP contribution is -2.01. The summed E-state index contributed by atoms with van der Waals surface area (Å²) in [5.41, 5.74) is 6.96. The minimum atomic E-state index is 0.456. The van der Waals surface area contributed by atoms with Crippen LogP contribution in [0.15, 0.2) is 77.8 Å². The highest BCUT2D eigenvalue weighted by molar-refractivity contribution is 6.03. The smallest absolute Gasteiger partial charge is 0.151 e. The van der Waals surface area contributed by atoms with Crippen LogP contribution in [0.2, 0.25) is 0 Å². The van der Waals surface area contributed by atoms with Crippen LogP contribution in [0.1, 0.15) is 31.5 Å². The summed E-state index contributed by atoms with van der Waals surface area (Å²) in [6, 6.07) is 26.0. The molecule has 1 heterocycles. The molecule has 1 saturated carbocycles. The average Bonchev–Trinajstić information content (AvgIpc) is 3.41. The normalized spacial score (nSPS) is 14.9. The summed E-state index contributed by atoms with van der Waals surface area (Å²) in [7, 11) is 2.10. The summed E-state index contributed by atoms with van der Waals surface area (Å²) in [5.74, 6) is 0.924. The number of hydrogen-bond acceptors (Lipinski definition) is 2. The minimum Gasteiger partial charge on any atom is -0.326 e. The molecule has 0 aliphatic heterocycles. The third kappa shape index (κ3) is 3.38. The van der Waals surface area contributed by atoms with Crippen LogP contribution in [0, 0.1) is 0 Å². The maximum Gasteiger partial charge on any atom is 0.151 e. The number of benzene rings is 3. The molecule has 1 fully saturated rings. The van der Waals surface area contributed by atoms with Gasteiger partial charge in [0, 0.05) is 18.2 Å². The van der Waals surface area contributed by atoms with Crippen molar-refractivity contribution in [2.24, 2.45) is 12.0 Å². The van der Waals surface area contributed by atoms with E-state index in [0.29, 0.717) is 6.04 Å². The van der Waals surface area contributed by atoms with Gasteiger partial charge in [-0.05, 0) is 24.0 Å². The molecule has 29 heavy (non-hydrogen) atoms. The first kappa shape index (κ1) is 17.9. The number of rotatable bonds is 4. The van der Waals surface area contributed by atoms with Gasteiger partial charge in [-0.2, -0.15) is 0 Å². The van der Waals surface area contributed by atoms with Crippen LogP contribution in [0.25, 0.3) is 33.3 Å². The molecule has 0 spiro atoms. The van der Waals surface area contributed by atoms with E-state index in [1.807, 2.05) is 6.21 Å². The van der Waals surface area contributed by atoms with Crippen LogP contribution >= 0.6 is 0 Å². The fourth-order valence-corrected chi connectivity index (χ4v) is 4.38. The number of imidazole rings is 1. The van der Waals surface area contributed by atoms with Crippen LogP contribution in [0.3, 0.4) is 0 Å². The Morgan fingerprint density at radius 3 is 2.07 bits per heavy atom. The third-order valence-electron chi connectivity index (χ3n) is 5.95. The Morgan fingerprint density at radius 1 is 0.828 bits per heavy atom. The summed E-state index contributed by atoms with van der Waals surface area (Å²) >= 11 is 0. The molecule has 5 rings (SSSR count). The molecular weight excluding hydrogens is 354 g/mol. The van der Waals surface area contributed by atoms with E-state index in [-0.39, 0.29) is 0 Å². The SMILES string of the molecule is Cn1c(C=NC2CCCC2)nc2c(-c3ccccc3)ccc(-c3ccccc3)c21. The zero-order chi connectivity index (χ0) is 19.6. The molecular formula is C26H25N3. The molecule has 0 amide bonds. The number of aryl methyl sites for hydroxylation is 1. The van der Waals surface area contributed by atoms with E-state index < -0.39 is 0 Å². The number of aliphatic imine (C=N–C) groups is 1.